The lowest BCUT2D eigenvalue weighted by molar-refractivity contribution is -0.137. The van der Waals surface area contributed by atoms with Gasteiger partial charge in [-0.2, -0.15) is 13.2 Å². The van der Waals surface area contributed by atoms with Gasteiger partial charge in [0.1, 0.15) is 11.4 Å². The molecule has 2 aromatic rings. The molecule has 0 fully saturated rings. The highest BCUT2D eigenvalue weighted by atomic mass is 19.4. The van der Waals surface area contributed by atoms with Gasteiger partial charge >= 0.3 is 6.18 Å². The van der Waals surface area contributed by atoms with E-state index in [1.807, 2.05) is 0 Å². The Labute approximate surface area is 106 Å². The van der Waals surface area contributed by atoms with E-state index in [9.17, 15) is 13.2 Å². The van der Waals surface area contributed by atoms with Crippen LogP contribution in [0.3, 0.4) is 0 Å². The first kappa shape index (κ1) is 13.0. The summed E-state index contributed by atoms with van der Waals surface area (Å²) in [5, 5.41) is 12.0. The van der Waals surface area contributed by atoms with Crippen LogP contribution < -0.4 is 0 Å². The smallest absolute Gasteiger partial charge is 0.410 e. The molecule has 2 rings (SSSR count). The molecule has 0 unspecified atom stereocenters. The van der Waals surface area contributed by atoms with Crippen molar-refractivity contribution in [2.45, 2.75) is 6.18 Å². The summed E-state index contributed by atoms with van der Waals surface area (Å²) in [5.41, 5.74) is -0.601. The summed E-state index contributed by atoms with van der Waals surface area (Å²) in [4.78, 5) is 7.66. The maximum Gasteiger partial charge on any atom is 0.416 e. The summed E-state index contributed by atoms with van der Waals surface area (Å²) in [6.07, 6.45) is -0.396. The Morgan fingerprint density at radius 2 is 2.00 bits per heavy atom. The highest BCUT2D eigenvalue weighted by Crippen LogP contribution is 2.29. The average Bonchev–Trinajstić information content (AvgIpc) is 2.40. The average molecular weight is 267 g/mol. The monoisotopic (exact) mass is 267 g/mol. The minimum absolute atomic E-state index is 0.0702. The van der Waals surface area contributed by atoms with Crippen molar-refractivity contribution in [1.82, 2.24) is 9.97 Å². The topological polar surface area (TPSA) is 58.4 Å². The second kappa shape index (κ2) is 5.05. The number of hydrogen-bond acceptors (Lipinski definition) is 4. The number of benzene rings is 1. The number of rotatable bonds is 2. The predicted molar refractivity (Wildman–Crippen MR) is 60.9 cm³/mol. The molecule has 0 atom stereocenters. The summed E-state index contributed by atoms with van der Waals surface area (Å²) < 4.78 is 37.8. The second-order valence-electron chi connectivity index (χ2n) is 3.62. The number of oxime groups is 1. The molecule has 1 N–H and O–H groups in total. The van der Waals surface area contributed by atoms with Crippen LogP contribution in [0.25, 0.3) is 0 Å². The van der Waals surface area contributed by atoms with E-state index >= 15 is 0 Å². The molecule has 0 saturated carbocycles. The van der Waals surface area contributed by atoms with Gasteiger partial charge in [-0.1, -0.05) is 17.3 Å². The molecule has 0 amide bonds. The van der Waals surface area contributed by atoms with Gasteiger partial charge in [-0.15, -0.1) is 0 Å². The fourth-order valence-corrected chi connectivity index (χ4v) is 1.52. The Hall–Kier alpha value is -2.44. The van der Waals surface area contributed by atoms with Crippen molar-refractivity contribution in [1.29, 1.82) is 0 Å². The lowest BCUT2D eigenvalue weighted by Gasteiger charge is -2.09. The zero-order chi connectivity index (χ0) is 13.9. The molecule has 1 heterocycles. The molecular formula is C12H8F3N3O. The number of aromatic nitrogens is 2. The molecule has 0 spiro atoms. The van der Waals surface area contributed by atoms with Gasteiger partial charge in [0.25, 0.3) is 0 Å². The lowest BCUT2D eigenvalue weighted by Crippen LogP contribution is -2.10. The molecule has 0 aliphatic rings. The minimum atomic E-state index is -4.46. The van der Waals surface area contributed by atoms with Gasteiger partial charge in [0.15, 0.2) is 0 Å². The molecule has 0 aliphatic heterocycles. The number of alkyl halides is 3. The van der Waals surface area contributed by atoms with E-state index in [4.69, 9.17) is 5.21 Å². The highest BCUT2D eigenvalue weighted by Gasteiger charge is 2.30. The highest BCUT2D eigenvalue weighted by molar-refractivity contribution is 6.11. The van der Waals surface area contributed by atoms with E-state index in [-0.39, 0.29) is 17.0 Å². The van der Waals surface area contributed by atoms with Gasteiger partial charge in [-0.25, -0.2) is 0 Å². The summed E-state index contributed by atoms with van der Waals surface area (Å²) in [6.45, 7) is 0. The first-order valence-corrected chi connectivity index (χ1v) is 5.18. The second-order valence-corrected chi connectivity index (χ2v) is 3.62. The van der Waals surface area contributed by atoms with Gasteiger partial charge in [-0.3, -0.25) is 9.97 Å². The molecule has 0 radical (unpaired) electrons. The normalized spacial score (nSPS) is 12.5. The van der Waals surface area contributed by atoms with Crippen LogP contribution in [0.4, 0.5) is 13.2 Å². The van der Waals surface area contributed by atoms with E-state index in [1.165, 1.54) is 30.7 Å². The Bertz CT molecular complexity index is 597. The SMILES string of the molecule is ON=C(c1cccc(C(F)(F)F)c1)c1cnccn1. The fourth-order valence-electron chi connectivity index (χ4n) is 1.52. The first-order valence-electron chi connectivity index (χ1n) is 5.18. The van der Waals surface area contributed by atoms with Crippen LogP contribution in [0, 0.1) is 0 Å². The largest absolute Gasteiger partial charge is 0.416 e. The number of hydrogen-bond donors (Lipinski definition) is 1. The van der Waals surface area contributed by atoms with Crippen LogP contribution in [0.5, 0.6) is 0 Å². The van der Waals surface area contributed by atoms with Crippen LogP contribution in [-0.2, 0) is 6.18 Å². The van der Waals surface area contributed by atoms with Crippen LogP contribution in [0.2, 0.25) is 0 Å². The molecule has 1 aromatic carbocycles. The van der Waals surface area contributed by atoms with E-state index in [1.54, 1.807) is 0 Å². The van der Waals surface area contributed by atoms with E-state index in [0.717, 1.165) is 12.1 Å². The van der Waals surface area contributed by atoms with Crippen molar-refractivity contribution in [2.24, 2.45) is 5.16 Å². The van der Waals surface area contributed by atoms with E-state index in [0.29, 0.717) is 0 Å². The molecular weight excluding hydrogens is 259 g/mol. The fraction of sp³-hybridized carbons (Fsp3) is 0.0833. The van der Waals surface area contributed by atoms with Gasteiger partial charge < -0.3 is 5.21 Å². The van der Waals surface area contributed by atoms with Crippen molar-refractivity contribution < 1.29 is 18.4 Å². The zero-order valence-corrected chi connectivity index (χ0v) is 9.46. The van der Waals surface area contributed by atoms with Crippen molar-refractivity contribution in [2.75, 3.05) is 0 Å². The summed E-state index contributed by atoms with van der Waals surface area (Å²) in [6, 6.07) is 4.47. The summed E-state index contributed by atoms with van der Waals surface area (Å²) in [7, 11) is 0. The first-order chi connectivity index (χ1) is 9.02. The Morgan fingerprint density at radius 1 is 1.21 bits per heavy atom. The van der Waals surface area contributed by atoms with Crippen LogP contribution in [0.15, 0.2) is 48.0 Å². The molecule has 7 heteroatoms. The van der Waals surface area contributed by atoms with Gasteiger partial charge in [0.2, 0.25) is 0 Å². The maximum absolute atomic E-state index is 12.6. The minimum Gasteiger partial charge on any atom is -0.410 e. The van der Waals surface area contributed by atoms with Crippen LogP contribution in [-0.4, -0.2) is 20.9 Å². The van der Waals surface area contributed by atoms with E-state index < -0.39 is 11.7 Å². The molecule has 0 aliphatic carbocycles. The van der Waals surface area contributed by atoms with Crippen molar-refractivity contribution in [3.05, 3.63) is 59.7 Å². The predicted octanol–water partition coefficient (Wildman–Crippen LogP) is 2.72. The van der Waals surface area contributed by atoms with Crippen molar-refractivity contribution >= 4 is 5.71 Å². The van der Waals surface area contributed by atoms with Gasteiger partial charge in [0, 0.05) is 18.0 Å². The van der Waals surface area contributed by atoms with Gasteiger partial charge in [0.05, 0.1) is 11.8 Å². The quantitative estimate of drug-likeness (QED) is 0.517. The van der Waals surface area contributed by atoms with Gasteiger partial charge in [-0.05, 0) is 12.1 Å². The summed E-state index contributed by atoms with van der Waals surface area (Å²) in [5.74, 6) is 0. The lowest BCUT2D eigenvalue weighted by atomic mass is 10.0. The molecule has 19 heavy (non-hydrogen) atoms. The Kier molecular flexibility index (Phi) is 3.46. The standard InChI is InChI=1S/C12H8F3N3O/c13-12(14,15)9-3-1-2-8(6-9)11(18-19)10-7-16-4-5-17-10/h1-7,19H. The van der Waals surface area contributed by atoms with Crippen LogP contribution in [0.1, 0.15) is 16.8 Å². The maximum atomic E-state index is 12.6. The Morgan fingerprint density at radius 3 is 2.58 bits per heavy atom. The third-order valence-electron chi connectivity index (χ3n) is 2.37. The van der Waals surface area contributed by atoms with Crippen molar-refractivity contribution in [3.63, 3.8) is 0 Å². The van der Waals surface area contributed by atoms with Crippen LogP contribution >= 0.6 is 0 Å². The summed E-state index contributed by atoms with van der Waals surface area (Å²) >= 11 is 0. The van der Waals surface area contributed by atoms with E-state index in [2.05, 4.69) is 15.1 Å². The molecule has 0 saturated heterocycles. The number of halogens is 3. The number of nitrogens with zero attached hydrogens (tertiary/aromatic N) is 3. The third kappa shape index (κ3) is 2.87. The third-order valence-corrected chi connectivity index (χ3v) is 2.37. The zero-order valence-electron chi connectivity index (χ0n) is 9.46. The molecule has 1 aromatic heterocycles. The molecule has 4 nitrogen and oxygen atoms in total. The van der Waals surface area contributed by atoms with Crippen molar-refractivity contribution in [3.8, 4) is 0 Å². The Balaban J connectivity index is 2.47. The molecule has 0 bridgehead atoms. The molecule has 98 valence electrons.